The van der Waals surface area contributed by atoms with Crippen molar-refractivity contribution in [2.24, 2.45) is 29.4 Å². The molecule has 1 heterocycles. The number of hydrogen-bond donors (Lipinski definition) is 3. The number of phenols is 1. The molecule has 0 bridgehead atoms. The highest BCUT2D eigenvalue weighted by Crippen LogP contribution is 2.52. The van der Waals surface area contributed by atoms with E-state index in [1.165, 1.54) is 22.3 Å². The average molecular weight is 531 g/mol. The van der Waals surface area contributed by atoms with Gasteiger partial charge in [0.15, 0.2) is 34.7 Å². The number of rotatable bonds is 3. The highest BCUT2D eigenvalue weighted by molar-refractivity contribution is 7.19. The van der Waals surface area contributed by atoms with Gasteiger partial charge < -0.3 is 15.9 Å². The topological polar surface area (TPSA) is 155 Å². The van der Waals surface area contributed by atoms with Gasteiger partial charge in [0.25, 0.3) is 0 Å². The van der Waals surface area contributed by atoms with Gasteiger partial charge in [0.05, 0.1) is 21.9 Å². The van der Waals surface area contributed by atoms with Crippen LogP contribution in [0.15, 0.2) is 24.3 Å². The van der Waals surface area contributed by atoms with Crippen LogP contribution in [-0.2, 0) is 25.6 Å². The van der Waals surface area contributed by atoms with Gasteiger partial charge in [-0.25, -0.2) is 0 Å². The van der Waals surface area contributed by atoms with Gasteiger partial charge in [0.2, 0.25) is 5.91 Å². The molecule has 0 radical (unpaired) electrons. The lowest BCUT2D eigenvalue weighted by atomic mass is 9.52. The SMILES string of the molecule is CN(C)[C@H]1C(=O)C(C(N)=O)C(=O)[C@]2(O)C(=O)C3C(=O)c4c(O)ccc(-c5ccc(Cl)s5)c4C[C@@H]3C[C@H]12. The van der Waals surface area contributed by atoms with E-state index in [1.54, 1.807) is 32.3 Å². The standard InChI is InChI=1S/C25H23ClN2O7S/c1-28(2)19-12-8-9-7-11-10(14-5-6-15(26)36-14)3-4-13(29)17(11)20(30)16(9)22(32)25(12,35)23(33)18(21(19)31)24(27)34/h3-6,9,12,16,18-19,29,35H,7-8H2,1-2H3,(H2,27,34)/t9-,12-,16?,18?,19-,25-/m1/s1. The molecule has 1 aromatic heterocycles. The van der Waals surface area contributed by atoms with Gasteiger partial charge in [0.1, 0.15) is 5.75 Å². The van der Waals surface area contributed by atoms with Crippen LogP contribution in [0, 0.1) is 23.7 Å². The summed E-state index contributed by atoms with van der Waals surface area (Å²) in [7, 11) is 3.09. The Morgan fingerprint density at radius 1 is 1.14 bits per heavy atom. The summed E-state index contributed by atoms with van der Waals surface area (Å²) in [5.41, 5.74) is 3.79. The molecule has 1 amide bonds. The van der Waals surface area contributed by atoms with Gasteiger partial charge in [-0.05, 0) is 68.2 Å². The van der Waals surface area contributed by atoms with Crippen LogP contribution >= 0.6 is 22.9 Å². The second kappa shape index (κ2) is 8.31. The summed E-state index contributed by atoms with van der Waals surface area (Å²) in [6.45, 7) is 0. The van der Waals surface area contributed by atoms with Crippen LogP contribution in [0.3, 0.4) is 0 Å². The number of fused-ring (bicyclic) bond motifs is 3. The molecule has 6 atom stereocenters. The fourth-order valence-corrected chi connectivity index (χ4v) is 7.39. The van der Waals surface area contributed by atoms with Crippen LogP contribution in [0.2, 0.25) is 4.34 Å². The number of nitrogens with zero attached hydrogens (tertiary/aromatic N) is 1. The van der Waals surface area contributed by atoms with Crippen molar-refractivity contribution in [1.82, 2.24) is 4.90 Å². The molecule has 11 heteroatoms. The van der Waals surface area contributed by atoms with Gasteiger partial charge in [-0.2, -0.15) is 0 Å². The van der Waals surface area contributed by atoms with Gasteiger partial charge in [-0.1, -0.05) is 11.6 Å². The number of hydrogen-bond acceptors (Lipinski definition) is 9. The van der Waals surface area contributed by atoms with Crippen LogP contribution in [-0.4, -0.2) is 69.9 Å². The lowest BCUT2D eigenvalue weighted by Gasteiger charge is -2.52. The lowest BCUT2D eigenvalue weighted by Crippen LogP contribution is -2.74. The van der Waals surface area contributed by atoms with E-state index in [2.05, 4.69) is 0 Å². The molecule has 2 saturated carbocycles. The van der Waals surface area contributed by atoms with E-state index in [4.69, 9.17) is 17.3 Å². The maximum Gasteiger partial charge on any atom is 0.235 e. The molecule has 36 heavy (non-hydrogen) atoms. The molecule has 9 nitrogen and oxygen atoms in total. The predicted octanol–water partition coefficient (Wildman–Crippen LogP) is 1.25. The van der Waals surface area contributed by atoms with Crippen LogP contribution in [0.4, 0.5) is 0 Å². The van der Waals surface area contributed by atoms with E-state index in [0.717, 1.165) is 4.88 Å². The molecular weight excluding hydrogens is 508 g/mol. The summed E-state index contributed by atoms with van der Waals surface area (Å²) in [4.78, 5) is 68.1. The molecule has 2 fully saturated rings. The van der Waals surface area contributed by atoms with E-state index >= 15 is 0 Å². The summed E-state index contributed by atoms with van der Waals surface area (Å²) in [5, 5.41) is 22.2. The van der Waals surface area contributed by atoms with Crippen molar-refractivity contribution < 1.29 is 34.2 Å². The number of halogens is 1. The molecular formula is C25H23ClN2O7S. The number of carbonyl (C=O) groups is 5. The highest BCUT2D eigenvalue weighted by Gasteiger charge is 2.69. The molecule has 0 aliphatic heterocycles. The Labute approximate surface area is 214 Å². The number of phenolic OH excluding ortho intramolecular Hbond substituents is 1. The summed E-state index contributed by atoms with van der Waals surface area (Å²) in [5.74, 6) is -10.6. The minimum absolute atomic E-state index is 0.00415. The second-order valence-electron chi connectivity index (χ2n) is 9.88. The molecule has 0 saturated heterocycles. The van der Waals surface area contributed by atoms with Crippen LogP contribution in [0.25, 0.3) is 10.4 Å². The maximum absolute atomic E-state index is 13.8. The normalized spacial score (nSPS) is 31.8. The Morgan fingerprint density at radius 2 is 1.83 bits per heavy atom. The number of aromatic hydroxyl groups is 1. The summed E-state index contributed by atoms with van der Waals surface area (Å²) in [6.07, 6.45) is 0.204. The number of aliphatic hydroxyl groups is 1. The van der Waals surface area contributed by atoms with Crippen LogP contribution in [0.5, 0.6) is 5.75 Å². The van der Waals surface area contributed by atoms with E-state index in [9.17, 15) is 34.2 Å². The molecule has 4 N–H and O–H groups in total. The van der Waals surface area contributed by atoms with Crippen molar-refractivity contribution in [2.45, 2.75) is 24.5 Å². The van der Waals surface area contributed by atoms with E-state index in [0.29, 0.717) is 15.5 Å². The Morgan fingerprint density at radius 3 is 2.42 bits per heavy atom. The molecule has 0 spiro atoms. The summed E-state index contributed by atoms with van der Waals surface area (Å²) < 4.78 is 0.543. The smallest absolute Gasteiger partial charge is 0.235 e. The Hall–Kier alpha value is -2.92. The zero-order chi connectivity index (χ0) is 26.3. The fraction of sp³-hybridized carbons (Fsp3) is 0.400. The molecule has 2 unspecified atom stereocenters. The molecule has 1 aromatic carbocycles. The Bertz CT molecular complexity index is 1370. The number of carbonyl (C=O) groups excluding carboxylic acids is 5. The first-order chi connectivity index (χ1) is 16.9. The van der Waals surface area contributed by atoms with Gasteiger partial charge in [-0.3, -0.25) is 28.9 Å². The monoisotopic (exact) mass is 530 g/mol. The first-order valence-electron chi connectivity index (χ1n) is 11.3. The van der Waals surface area contributed by atoms with Gasteiger partial charge >= 0.3 is 0 Å². The van der Waals surface area contributed by atoms with Crippen LogP contribution < -0.4 is 5.73 Å². The number of primary amides is 1. The zero-order valence-corrected chi connectivity index (χ0v) is 20.9. The number of amides is 1. The van der Waals surface area contributed by atoms with Crippen molar-refractivity contribution in [2.75, 3.05) is 14.1 Å². The van der Waals surface area contributed by atoms with Gasteiger partial charge in [-0.15, -0.1) is 11.3 Å². The minimum Gasteiger partial charge on any atom is -0.507 e. The van der Waals surface area contributed by atoms with Crippen LogP contribution in [0.1, 0.15) is 22.3 Å². The highest BCUT2D eigenvalue weighted by atomic mass is 35.5. The fourth-order valence-electron chi connectivity index (χ4n) is 6.29. The van der Waals surface area contributed by atoms with Crippen molar-refractivity contribution in [3.05, 3.63) is 39.7 Å². The number of Topliss-reactive ketones (excluding diaryl/α,β-unsaturated/α-hetero) is 4. The number of thiophene rings is 1. The first kappa shape index (κ1) is 24.8. The van der Waals surface area contributed by atoms with Gasteiger partial charge in [0, 0.05) is 10.8 Å². The third-order valence-electron chi connectivity index (χ3n) is 7.78. The van der Waals surface area contributed by atoms with E-state index < -0.39 is 64.4 Å². The summed E-state index contributed by atoms with van der Waals surface area (Å²) >= 11 is 7.41. The largest absolute Gasteiger partial charge is 0.507 e. The number of likely N-dealkylation sites (N-methyl/N-ethyl adjacent to an activating group) is 1. The molecule has 188 valence electrons. The second-order valence-corrected chi connectivity index (χ2v) is 11.6. The van der Waals surface area contributed by atoms with Crippen molar-refractivity contribution in [3.8, 4) is 16.2 Å². The maximum atomic E-state index is 13.8. The molecule has 3 aliphatic carbocycles. The van der Waals surface area contributed by atoms with Crippen molar-refractivity contribution >= 4 is 52.0 Å². The number of benzene rings is 1. The lowest BCUT2D eigenvalue weighted by molar-refractivity contribution is -0.181. The Balaban J connectivity index is 1.66. The third-order valence-corrected chi connectivity index (χ3v) is 9.05. The molecule has 3 aliphatic rings. The van der Waals surface area contributed by atoms with Crippen molar-refractivity contribution in [1.29, 1.82) is 0 Å². The zero-order valence-electron chi connectivity index (χ0n) is 19.4. The predicted molar refractivity (Wildman–Crippen MR) is 130 cm³/mol. The third kappa shape index (κ3) is 3.25. The Kier molecular flexibility index (Phi) is 5.71. The van der Waals surface area contributed by atoms with E-state index in [1.807, 2.05) is 0 Å². The summed E-state index contributed by atoms with van der Waals surface area (Å²) in [6, 6.07) is 5.42. The average Bonchev–Trinajstić information content (AvgIpc) is 3.22. The quantitative estimate of drug-likeness (QED) is 0.501. The number of ketones is 4. The van der Waals surface area contributed by atoms with Crippen molar-refractivity contribution in [3.63, 3.8) is 0 Å². The molecule has 5 rings (SSSR count). The minimum atomic E-state index is -2.73. The van der Waals surface area contributed by atoms with E-state index in [-0.39, 0.29) is 24.2 Å². The number of nitrogens with two attached hydrogens (primary N) is 1. The molecule has 2 aromatic rings. The first-order valence-corrected chi connectivity index (χ1v) is 12.5.